The van der Waals surface area contributed by atoms with Crippen LogP contribution in [0.15, 0.2) is 0 Å². The van der Waals surface area contributed by atoms with Crippen molar-refractivity contribution in [2.45, 2.75) is 44.2 Å². The van der Waals surface area contributed by atoms with Crippen molar-refractivity contribution in [1.82, 2.24) is 0 Å². The zero-order valence-corrected chi connectivity index (χ0v) is 7.40. The van der Waals surface area contributed by atoms with Crippen molar-refractivity contribution in [2.75, 3.05) is 6.61 Å². The normalized spacial score (nSPS) is 49.2. The lowest BCUT2D eigenvalue weighted by Crippen LogP contribution is -2.59. The van der Waals surface area contributed by atoms with E-state index >= 15 is 0 Å². The summed E-state index contributed by atoms with van der Waals surface area (Å²) in [6.45, 7) is 3.68. The number of aliphatic hydroxyl groups excluding tert-OH is 3. The Morgan fingerprint density at radius 3 is 2.50 bits per heavy atom. The molecule has 0 radical (unpaired) electrons. The summed E-state index contributed by atoms with van der Waals surface area (Å²) < 4.78 is 5.25. The summed E-state index contributed by atoms with van der Waals surface area (Å²) in [5.41, 5.74) is -0.724. The molecular weight excluding hydrogens is 160 g/mol. The van der Waals surface area contributed by atoms with E-state index in [2.05, 4.69) is 0 Å². The van der Waals surface area contributed by atoms with Gasteiger partial charge < -0.3 is 20.1 Å². The third-order valence-corrected chi connectivity index (χ3v) is 2.63. The smallest absolute Gasteiger partial charge is 0.111 e. The standard InChI is InChI=1S/C8H16O4/c1-3-8(2)7(11)6(10)5(9)4-12-8/h5-7,9-11H,3-4H2,1-2H3/t5-,6-,7?,8+/m1/s1. The van der Waals surface area contributed by atoms with Crippen LogP contribution < -0.4 is 0 Å². The lowest BCUT2D eigenvalue weighted by Gasteiger charge is -2.42. The topological polar surface area (TPSA) is 69.9 Å². The Balaban J connectivity index is 2.71. The van der Waals surface area contributed by atoms with Crippen LogP contribution in [0.5, 0.6) is 0 Å². The van der Waals surface area contributed by atoms with Gasteiger partial charge in [-0.15, -0.1) is 0 Å². The van der Waals surface area contributed by atoms with Crippen LogP contribution in [0.1, 0.15) is 20.3 Å². The second kappa shape index (κ2) is 3.30. The van der Waals surface area contributed by atoms with Gasteiger partial charge in [0.2, 0.25) is 0 Å². The van der Waals surface area contributed by atoms with Crippen molar-refractivity contribution in [3.63, 3.8) is 0 Å². The van der Waals surface area contributed by atoms with Crippen LogP contribution in [0.3, 0.4) is 0 Å². The molecule has 0 aromatic carbocycles. The van der Waals surface area contributed by atoms with Gasteiger partial charge in [-0.25, -0.2) is 0 Å². The fourth-order valence-corrected chi connectivity index (χ4v) is 1.34. The number of hydrogen-bond donors (Lipinski definition) is 3. The maximum Gasteiger partial charge on any atom is 0.111 e. The van der Waals surface area contributed by atoms with Crippen LogP contribution in [0, 0.1) is 0 Å². The molecular formula is C8H16O4. The molecule has 0 spiro atoms. The van der Waals surface area contributed by atoms with Gasteiger partial charge in [0.15, 0.2) is 0 Å². The van der Waals surface area contributed by atoms with Gasteiger partial charge in [-0.2, -0.15) is 0 Å². The van der Waals surface area contributed by atoms with Crippen LogP contribution in [-0.4, -0.2) is 45.8 Å². The molecule has 4 nitrogen and oxygen atoms in total. The van der Waals surface area contributed by atoms with Crippen molar-refractivity contribution in [1.29, 1.82) is 0 Å². The third kappa shape index (κ3) is 1.47. The zero-order chi connectivity index (χ0) is 9.35. The molecule has 1 fully saturated rings. The first kappa shape index (κ1) is 9.92. The van der Waals surface area contributed by atoms with E-state index in [-0.39, 0.29) is 6.61 Å². The van der Waals surface area contributed by atoms with E-state index in [4.69, 9.17) is 9.84 Å². The summed E-state index contributed by atoms with van der Waals surface area (Å²) in [7, 11) is 0. The van der Waals surface area contributed by atoms with E-state index in [9.17, 15) is 10.2 Å². The maximum absolute atomic E-state index is 9.53. The highest BCUT2D eigenvalue weighted by atomic mass is 16.5. The Kier molecular flexibility index (Phi) is 2.73. The van der Waals surface area contributed by atoms with Gasteiger partial charge in [-0.05, 0) is 13.3 Å². The highest BCUT2D eigenvalue weighted by molar-refractivity contribution is 4.94. The molecule has 1 rings (SSSR count). The molecule has 72 valence electrons. The molecule has 3 N–H and O–H groups in total. The van der Waals surface area contributed by atoms with Crippen molar-refractivity contribution in [2.24, 2.45) is 0 Å². The van der Waals surface area contributed by atoms with E-state index in [0.717, 1.165) is 0 Å². The van der Waals surface area contributed by atoms with Crippen molar-refractivity contribution < 1.29 is 20.1 Å². The average molecular weight is 176 g/mol. The van der Waals surface area contributed by atoms with Crippen LogP contribution in [0.2, 0.25) is 0 Å². The molecule has 0 amide bonds. The lowest BCUT2D eigenvalue weighted by molar-refractivity contribution is -0.230. The number of rotatable bonds is 1. The maximum atomic E-state index is 9.53. The molecule has 1 saturated heterocycles. The quantitative estimate of drug-likeness (QED) is 0.492. The summed E-state index contributed by atoms with van der Waals surface area (Å²) >= 11 is 0. The van der Waals surface area contributed by atoms with Gasteiger partial charge in [0.25, 0.3) is 0 Å². The van der Waals surface area contributed by atoms with Crippen LogP contribution >= 0.6 is 0 Å². The first-order chi connectivity index (χ1) is 5.51. The largest absolute Gasteiger partial charge is 0.388 e. The van der Waals surface area contributed by atoms with E-state index < -0.39 is 23.9 Å². The molecule has 0 saturated carbocycles. The minimum Gasteiger partial charge on any atom is -0.388 e. The van der Waals surface area contributed by atoms with E-state index in [1.165, 1.54) is 0 Å². The first-order valence-corrected chi connectivity index (χ1v) is 4.19. The Hall–Kier alpha value is -0.160. The minimum absolute atomic E-state index is 0.0859. The molecule has 1 aliphatic heterocycles. The summed E-state index contributed by atoms with van der Waals surface area (Å²) in [6, 6.07) is 0. The Bertz CT molecular complexity index is 161. The number of ether oxygens (including phenoxy) is 1. The van der Waals surface area contributed by atoms with Gasteiger partial charge >= 0.3 is 0 Å². The zero-order valence-electron chi connectivity index (χ0n) is 7.40. The van der Waals surface area contributed by atoms with Crippen LogP contribution in [0.25, 0.3) is 0 Å². The lowest BCUT2D eigenvalue weighted by atomic mass is 9.87. The van der Waals surface area contributed by atoms with Crippen molar-refractivity contribution in [3.05, 3.63) is 0 Å². The Morgan fingerprint density at radius 1 is 1.42 bits per heavy atom. The van der Waals surface area contributed by atoms with Gasteiger partial charge in [0.05, 0.1) is 12.2 Å². The number of aliphatic hydroxyl groups is 3. The summed E-state index contributed by atoms with van der Waals surface area (Å²) in [6.07, 6.45) is -2.47. The van der Waals surface area contributed by atoms with Gasteiger partial charge in [-0.3, -0.25) is 0 Å². The Morgan fingerprint density at radius 2 is 2.00 bits per heavy atom. The number of hydrogen-bond acceptors (Lipinski definition) is 4. The molecule has 1 aliphatic rings. The molecule has 0 aromatic rings. The van der Waals surface area contributed by atoms with E-state index in [0.29, 0.717) is 6.42 Å². The molecule has 4 heteroatoms. The van der Waals surface area contributed by atoms with Gasteiger partial charge in [0.1, 0.15) is 18.3 Å². The highest BCUT2D eigenvalue weighted by Gasteiger charge is 2.44. The molecule has 0 bridgehead atoms. The van der Waals surface area contributed by atoms with Gasteiger partial charge in [0, 0.05) is 0 Å². The molecule has 1 heterocycles. The summed E-state index contributed by atoms with van der Waals surface area (Å²) in [4.78, 5) is 0. The van der Waals surface area contributed by atoms with Gasteiger partial charge in [-0.1, -0.05) is 6.92 Å². The van der Waals surface area contributed by atoms with Crippen molar-refractivity contribution >= 4 is 0 Å². The first-order valence-electron chi connectivity index (χ1n) is 4.19. The second-order valence-corrected chi connectivity index (χ2v) is 3.48. The van der Waals surface area contributed by atoms with Crippen molar-refractivity contribution in [3.8, 4) is 0 Å². The van der Waals surface area contributed by atoms with E-state index in [1.54, 1.807) is 6.92 Å². The molecule has 12 heavy (non-hydrogen) atoms. The average Bonchev–Trinajstić information content (AvgIpc) is 2.09. The SMILES string of the molecule is CC[C@]1(C)OC[C@@H](O)[C@@H](O)C1O. The minimum atomic E-state index is -1.09. The molecule has 0 aliphatic carbocycles. The Labute approximate surface area is 71.8 Å². The second-order valence-electron chi connectivity index (χ2n) is 3.48. The predicted octanol–water partition coefficient (Wildman–Crippen LogP) is -0.732. The summed E-state index contributed by atoms with van der Waals surface area (Å²) in [5.74, 6) is 0. The highest BCUT2D eigenvalue weighted by Crippen LogP contribution is 2.28. The molecule has 0 aromatic heterocycles. The fraction of sp³-hybridized carbons (Fsp3) is 1.00. The summed E-state index contributed by atoms with van der Waals surface area (Å²) in [5, 5.41) is 28.0. The monoisotopic (exact) mass is 176 g/mol. The van der Waals surface area contributed by atoms with Crippen LogP contribution in [-0.2, 0) is 4.74 Å². The van der Waals surface area contributed by atoms with E-state index in [1.807, 2.05) is 6.92 Å². The fourth-order valence-electron chi connectivity index (χ4n) is 1.34. The third-order valence-electron chi connectivity index (χ3n) is 2.63. The predicted molar refractivity (Wildman–Crippen MR) is 42.7 cm³/mol. The van der Waals surface area contributed by atoms with Crippen LogP contribution in [0.4, 0.5) is 0 Å². The molecule has 1 unspecified atom stereocenters. The molecule has 4 atom stereocenters.